The van der Waals surface area contributed by atoms with Gasteiger partial charge in [0.15, 0.2) is 5.78 Å². The molecule has 0 unspecified atom stereocenters. The van der Waals surface area contributed by atoms with Crippen LogP contribution in [0, 0.1) is 27.7 Å². The summed E-state index contributed by atoms with van der Waals surface area (Å²) in [5, 5.41) is 0. The Hall–Kier alpha value is -2.09. The van der Waals surface area contributed by atoms with Crippen molar-refractivity contribution in [1.82, 2.24) is 0 Å². The van der Waals surface area contributed by atoms with Crippen molar-refractivity contribution in [2.75, 3.05) is 7.11 Å². The fourth-order valence-corrected chi connectivity index (χ4v) is 2.32. The molecule has 104 valence electrons. The third-order valence-electron chi connectivity index (χ3n) is 3.76. The zero-order chi connectivity index (χ0) is 14.9. The van der Waals surface area contributed by atoms with Gasteiger partial charge in [0.05, 0.1) is 7.11 Å². The number of ether oxygens (including phenoxy) is 1. The molecule has 0 bridgehead atoms. The highest BCUT2D eigenvalue weighted by Crippen LogP contribution is 2.23. The quantitative estimate of drug-likeness (QED) is 0.781. The highest BCUT2D eigenvalue weighted by molar-refractivity contribution is 6.10. The standard InChI is InChI=1S/C18H20O2/c1-11-6-7-15(10-17(11)20-5)18(19)16-9-13(3)12(2)8-14(16)4/h6-10H,1-5H3. The Morgan fingerprint density at radius 2 is 1.50 bits per heavy atom. The molecule has 0 heterocycles. The van der Waals surface area contributed by atoms with E-state index >= 15 is 0 Å². The van der Waals surface area contributed by atoms with Crippen LogP contribution < -0.4 is 4.74 Å². The number of ketones is 1. The summed E-state index contributed by atoms with van der Waals surface area (Å²) in [5.74, 6) is 0.793. The van der Waals surface area contributed by atoms with Crippen LogP contribution in [0.5, 0.6) is 5.75 Å². The van der Waals surface area contributed by atoms with Gasteiger partial charge in [-0.15, -0.1) is 0 Å². The predicted octanol–water partition coefficient (Wildman–Crippen LogP) is 4.16. The summed E-state index contributed by atoms with van der Waals surface area (Å²) in [6, 6.07) is 9.62. The Morgan fingerprint density at radius 1 is 0.850 bits per heavy atom. The lowest BCUT2D eigenvalue weighted by molar-refractivity contribution is 0.103. The molecule has 2 nitrogen and oxygen atoms in total. The largest absolute Gasteiger partial charge is 0.496 e. The Kier molecular flexibility index (Phi) is 3.93. The monoisotopic (exact) mass is 268 g/mol. The van der Waals surface area contributed by atoms with Crippen LogP contribution in [0.25, 0.3) is 0 Å². The first-order valence-corrected chi connectivity index (χ1v) is 6.71. The van der Waals surface area contributed by atoms with E-state index in [1.165, 1.54) is 5.56 Å². The SMILES string of the molecule is COc1cc(C(=O)c2cc(C)c(C)cc2C)ccc1C. The van der Waals surface area contributed by atoms with Crippen LogP contribution in [0.4, 0.5) is 0 Å². The van der Waals surface area contributed by atoms with Gasteiger partial charge in [0.25, 0.3) is 0 Å². The maximum Gasteiger partial charge on any atom is 0.193 e. The Bertz CT molecular complexity index is 669. The molecule has 0 amide bonds. The van der Waals surface area contributed by atoms with Crippen LogP contribution in [0.1, 0.15) is 38.2 Å². The molecule has 0 aliphatic heterocycles. The minimum Gasteiger partial charge on any atom is -0.496 e. The number of benzene rings is 2. The van der Waals surface area contributed by atoms with E-state index in [0.717, 1.165) is 28.0 Å². The number of rotatable bonds is 3. The molecule has 0 saturated heterocycles. The van der Waals surface area contributed by atoms with Gasteiger partial charge in [-0.1, -0.05) is 18.2 Å². The molecular weight excluding hydrogens is 248 g/mol. The number of methoxy groups -OCH3 is 1. The fourth-order valence-electron chi connectivity index (χ4n) is 2.32. The molecule has 2 aromatic carbocycles. The third-order valence-corrected chi connectivity index (χ3v) is 3.76. The van der Waals surface area contributed by atoms with Crippen molar-refractivity contribution < 1.29 is 9.53 Å². The zero-order valence-corrected chi connectivity index (χ0v) is 12.7. The maximum atomic E-state index is 12.7. The van der Waals surface area contributed by atoms with E-state index in [0.29, 0.717) is 5.56 Å². The lowest BCUT2D eigenvalue weighted by Gasteiger charge is -2.11. The fraction of sp³-hybridized carbons (Fsp3) is 0.278. The minimum atomic E-state index is 0.0453. The summed E-state index contributed by atoms with van der Waals surface area (Å²) in [6.45, 7) is 8.03. The molecule has 0 aromatic heterocycles. The van der Waals surface area contributed by atoms with Crippen molar-refractivity contribution in [3.8, 4) is 5.75 Å². The molecule has 0 fully saturated rings. The van der Waals surface area contributed by atoms with E-state index in [1.807, 2.05) is 45.0 Å². The highest BCUT2D eigenvalue weighted by Gasteiger charge is 2.14. The van der Waals surface area contributed by atoms with Crippen LogP contribution in [-0.2, 0) is 0 Å². The highest BCUT2D eigenvalue weighted by atomic mass is 16.5. The van der Waals surface area contributed by atoms with Gasteiger partial charge >= 0.3 is 0 Å². The number of carbonyl (C=O) groups excluding carboxylic acids is 1. The summed E-state index contributed by atoms with van der Waals surface area (Å²) >= 11 is 0. The van der Waals surface area contributed by atoms with Gasteiger partial charge in [-0.2, -0.15) is 0 Å². The Morgan fingerprint density at radius 3 is 2.15 bits per heavy atom. The summed E-state index contributed by atoms with van der Waals surface area (Å²) in [6.07, 6.45) is 0. The smallest absolute Gasteiger partial charge is 0.193 e. The van der Waals surface area contributed by atoms with Crippen LogP contribution in [-0.4, -0.2) is 12.9 Å². The molecule has 0 saturated carbocycles. The van der Waals surface area contributed by atoms with E-state index in [9.17, 15) is 4.79 Å². The molecule has 0 aliphatic carbocycles. The molecule has 0 radical (unpaired) electrons. The van der Waals surface area contributed by atoms with Crippen molar-refractivity contribution in [1.29, 1.82) is 0 Å². The van der Waals surface area contributed by atoms with Gasteiger partial charge in [-0.3, -0.25) is 4.79 Å². The molecule has 2 heteroatoms. The average Bonchev–Trinajstić information content (AvgIpc) is 2.42. The second-order valence-corrected chi connectivity index (χ2v) is 5.26. The molecule has 2 rings (SSSR count). The van der Waals surface area contributed by atoms with E-state index in [1.54, 1.807) is 7.11 Å². The first-order chi connectivity index (χ1) is 9.43. The van der Waals surface area contributed by atoms with E-state index < -0.39 is 0 Å². The van der Waals surface area contributed by atoms with E-state index in [4.69, 9.17) is 4.74 Å². The number of hydrogen-bond acceptors (Lipinski definition) is 2. The number of aryl methyl sites for hydroxylation is 4. The average molecular weight is 268 g/mol. The summed E-state index contributed by atoms with van der Waals surface area (Å²) in [5.41, 5.74) is 5.81. The van der Waals surface area contributed by atoms with Crippen LogP contribution in [0.15, 0.2) is 30.3 Å². The lowest BCUT2D eigenvalue weighted by atomic mass is 9.94. The maximum absolute atomic E-state index is 12.7. The van der Waals surface area contributed by atoms with Gasteiger partial charge in [-0.05, 0) is 62.1 Å². The van der Waals surface area contributed by atoms with Gasteiger partial charge in [0, 0.05) is 11.1 Å². The Labute approximate surface area is 120 Å². The lowest BCUT2D eigenvalue weighted by Crippen LogP contribution is -2.05. The molecule has 0 spiro atoms. The van der Waals surface area contributed by atoms with Crippen molar-refractivity contribution in [2.24, 2.45) is 0 Å². The normalized spacial score (nSPS) is 10.4. The van der Waals surface area contributed by atoms with Gasteiger partial charge < -0.3 is 4.74 Å². The first-order valence-electron chi connectivity index (χ1n) is 6.71. The van der Waals surface area contributed by atoms with Gasteiger partial charge in [0.1, 0.15) is 5.75 Å². The van der Waals surface area contributed by atoms with Crippen LogP contribution >= 0.6 is 0 Å². The second kappa shape index (κ2) is 5.49. The molecule has 0 N–H and O–H groups in total. The van der Waals surface area contributed by atoms with Crippen molar-refractivity contribution in [2.45, 2.75) is 27.7 Å². The summed E-state index contributed by atoms with van der Waals surface area (Å²) in [4.78, 5) is 12.7. The molecular formula is C18H20O2. The van der Waals surface area contributed by atoms with Gasteiger partial charge in [0.2, 0.25) is 0 Å². The molecule has 0 atom stereocenters. The predicted molar refractivity (Wildman–Crippen MR) is 81.8 cm³/mol. The minimum absolute atomic E-state index is 0.0453. The van der Waals surface area contributed by atoms with Crippen molar-refractivity contribution >= 4 is 5.78 Å². The van der Waals surface area contributed by atoms with Crippen LogP contribution in [0.2, 0.25) is 0 Å². The van der Waals surface area contributed by atoms with E-state index in [-0.39, 0.29) is 5.78 Å². The topological polar surface area (TPSA) is 26.3 Å². The van der Waals surface area contributed by atoms with Crippen molar-refractivity contribution in [3.63, 3.8) is 0 Å². The Balaban J connectivity index is 2.49. The summed E-state index contributed by atoms with van der Waals surface area (Å²) < 4.78 is 5.29. The molecule has 20 heavy (non-hydrogen) atoms. The first kappa shape index (κ1) is 14.3. The summed E-state index contributed by atoms with van der Waals surface area (Å²) in [7, 11) is 1.62. The molecule has 0 aliphatic rings. The third kappa shape index (κ3) is 2.60. The molecule has 2 aromatic rings. The van der Waals surface area contributed by atoms with Crippen LogP contribution in [0.3, 0.4) is 0 Å². The number of hydrogen-bond donors (Lipinski definition) is 0. The van der Waals surface area contributed by atoms with Gasteiger partial charge in [-0.25, -0.2) is 0 Å². The zero-order valence-electron chi connectivity index (χ0n) is 12.7. The van der Waals surface area contributed by atoms with E-state index in [2.05, 4.69) is 13.0 Å². The second-order valence-electron chi connectivity index (χ2n) is 5.26. The number of carbonyl (C=O) groups is 1. The van der Waals surface area contributed by atoms with Crippen molar-refractivity contribution in [3.05, 3.63) is 63.7 Å².